The molecular weight excluding hydrogens is 362 g/mol. The highest BCUT2D eigenvalue weighted by molar-refractivity contribution is 8.27. The van der Waals surface area contributed by atoms with Gasteiger partial charge in [-0.15, -0.1) is 10.3 Å². The smallest absolute Gasteiger partial charge is 0.128 e. The second-order valence-corrected chi connectivity index (χ2v) is 8.83. The van der Waals surface area contributed by atoms with E-state index in [4.69, 9.17) is 9.47 Å². The topological polar surface area (TPSA) is 78.6 Å². The minimum absolute atomic E-state index is 0. The molecule has 7 heteroatoms. The number of fused-ring (bicyclic) bond motifs is 1. The molecule has 2 heterocycles. The van der Waals surface area contributed by atoms with Gasteiger partial charge in [0.2, 0.25) is 0 Å². The van der Waals surface area contributed by atoms with Gasteiger partial charge in [-0.05, 0) is 48.4 Å². The number of imidazole rings is 1. The Morgan fingerprint density at radius 2 is 1.85 bits per heavy atom. The van der Waals surface area contributed by atoms with Crippen LogP contribution in [0.25, 0.3) is 11.0 Å². The van der Waals surface area contributed by atoms with E-state index in [0.29, 0.717) is 16.4 Å². The predicted octanol–water partition coefficient (Wildman–Crippen LogP) is 4.96. The van der Waals surface area contributed by atoms with E-state index in [1.54, 1.807) is 26.7 Å². The van der Waals surface area contributed by atoms with E-state index in [1.807, 2.05) is 32.0 Å². The van der Waals surface area contributed by atoms with Gasteiger partial charge in [-0.25, -0.2) is 0 Å². The lowest BCUT2D eigenvalue weighted by atomic mass is 10.1. The molecule has 3 rings (SSSR count). The number of nitrogens with zero attached hydrogens (tertiary/aromatic N) is 3. The summed E-state index contributed by atoms with van der Waals surface area (Å²) < 4.78 is 21.7. The van der Waals surface area contributed by atoms with Crippen molar-refractivity contribution < 1.29 is 14.0 Å². The molecule has 3 aromatic rings. The van der Waals surface area contributed by atoms with E-state index in [9.17, 15) is 4.55 Å². The highest BCUT2D eigenvalue weighted by Crippen LogP contribution is 2.50. The maximum Gasteiger partial charge on any atom is 0.128 e. The standard InChI is InChI=1S/C18H22N3O3S.2CH4/c1-11-9-19-16(12(2)17(11)24-4)10-25(5,22)18-20-14-7-6-13(23-3)8-15(14)21-18;;/h6-9H,10H2,1-5H3,(H-,20,21,22);2*1H4/q-1;;. The van der Waals surface area contributed by atoms with Crippen LogP contribution in [0.3, 0.4) is 0 Å². The molecule has 0 aliphatic carbocycles. The first-order valence-electron chi connectivity index (χ1n) is 7.81. The van der Waals surface area contributed by atoms with E-state index in [-0.39, 0.29) is 14.9 Å². The summed E-state index contributed by atoms with van der Waals surface area (Å²) in [4.78, 5) is 13.5. The number of rotatable bonds is 5. The van der Waals surface area contributed by atoms with Gasteiger partial charge in [-0.2, -0.15) is 0 Å². The number of pyridine rings is 1. The van der Waals surface area contributed by atoms with Crippen molar-refractivity contribution in [2.75, 3.05) is 20.5 Å². The molecule has 6 nitrogen and oxygen atoms in total. The van der Waals surface area contributed by atoms with Crippen LogP contribution < -0.4 is 14.5 Å². The Morgan fingerprint density at radius 3 is 2.48 bits per heavy atom. The lowest BCUT2D eigenvalue weighted by molar-refractivity contribution is 0.407. The quantitative estimate of drug-likeness (QED) is 0.661. The zero-order valence-corrected chi connectivity index (χ0v) is 15.8. The SMILES string of the molecule is C.C.COc1ccc2[n-]c(S(C)(O)Cc3ncc(C)c(OC)c3C)nc2c1. The third kappa shape index (κ3) is 4.36. The van der Waals surface area contributed by atoms with Gasteiger partial charge in [0.25, 0.3) is 0 Å². The Labute approximate surface area is 163 Å². The number of aromatic nitrogens is 3. The number of ether oxygens (including phenoxy) is 2. The fourth-order valence-corrected chi connectivity index (χ4v) is 4.33. The highest BCUT2D eigenvalue weighted by atomic mass is 32.3. The van der Waals surface area contributed by atoms with E-state index in [1.165, 1.54) is 0 Å². The zero-order chi connectivity index (χ0) is 18.2. The van der Waals surface area contributed by atoms with Gasteiger partial charge in [-0.3, -0.25) is 4.98 Å². The van der Waals surface area contributed by atoms with Crippen molar-refractivity contribution in [3.8, 4) is 11.5 Å². The molecule has 2 aromatic heterocycles. The van der Waals surface area contributed by atoms with Gasteiger partial charge < -0.3 is 24.0 Å². The number of hydrogen-bond donors (Lipinski definition) is 1. The molecule has 0 radical (unpaired) electrons. The van der Waals surface area contributed by atoms with Crippen LogP contribution >= 0.6 is 10.3 Å². The summed E-state index contributed by atoms with van der Waals surface area (Å²) >= 11 is 0. The maximum atomic E-state index is 11.1. The molecule has 1 aromatic carbocycles. The van der Waals surface area contributed by atoms with E-state index in [0.717, 1.165) is 33.8 Å². The van der Waals surface area contributed by atoms with Crippen LogP contribution in [0.4, 0.5) is 0 Å². The van der Waals surface area contributed by atoms with Gasteiger partial charge >= 0.3 is 0 Å². The summed E-state index contributed by atoms with van der Waals surface area (Å²) in [5.41, 5.74) is 4.17. The first-order chi connectivity index (χ1) is 11.9. The Hall–Kier alpha value is -2.25. The summed E-state index contributed by atoms with van der Waals surface area (Å²) in [6.07, 6.45) is 3.55. The van der Waals surface area contributed by atoms with Crippen molar-refractivity contribution in [3.05, 3.63) is 41.2 Å². The summed E-state index contributed by atoms with van der Waals surface area (Å²) in [6, 6.07) is 5.50. The molecule has 0 saturated carbocycles. The Balaban J connectivity index is 0.00000182. The first kappa shape index (κ1) is 22.8. The van der Waals surface area contributed by atoms with Crippen LogP contribution in [0, 0.1) is 13.8 Å². The third-order valence-corrected chi connectivity index (χ3v) is 5.98. The molecule has 1 atom stereocenters. The van der Waals surface area contributed by atoms with Crippen LogP contribution in [0.1, 0.15) is 31.7 Å². The normalized spacial score (nSPS) is 13.9. The van der Waals surface area contributed by atoms with Gasteiger partial charge in [0.15, 0.2) is 0 Å². The van der Waals surface area contributed by atoms with Gasteiger partial charge in [0.1, 0.15) is 11.5 Å². The molecule has 0 amide bonds. The number of benzene rings is 1. The number of hydrogen-bond acceptors (Lipinski definition) is 5. The van der Waals surface area contributed by atoms with E-state index >= 15 is 0 Å². The molecule has 150 valence electrons. The molecular formula is C20H30N3O3S-. The van der Waals surface area contributed by atoms with Gasteiger partial charge in [-0.1, -0.05) is 20.9 Å². The fraction of sp³-hybridized carbons (Fsp3) is 0.400. The van der Waals surface area contributed by atoms with Crippen LogP contribution in [0.2, 0.25) is 0 Å². The fourth-order valence-electron chi connectivity index (χ4n) is 2.79. The Bertz CT molecular complexity index is 922. The predicted molar refractivity (Wildman–Crippen MR) is 113 cm³/mol. The van der Waals surface area contributed by atoms with E-state index < -0.39 is 10.3 Å². The Kier molecular flexibility index (Phi) is 7.28. The lowest BCUT2D eigenvalue weighted by Gasteiger charge is -2.32. The second kappa shape index (κ2) is 8.63. The molecule has 1 N–H and O–H groups in total. The van der Waals surface area contributed by atoms with Crippen LogP contribution in [-0.4, -0.2) is 35.0 Å². The van der Waals surface area contributed by atoms with Crippen LogP contribution in [-0.2, 0) is 5.75 Å². The monoisotopic (exact) mass is 392 g/mol. The molecule has 0 saturated heterocycles. The largest absolute Gasteiger partial charge is 0.497 e. The van der Waals surface area contributed by atoms with Crippen molar-refractivity contribution in [1.82, 2.24) is 15.0 Å². The highest BCUT2D eigenvalue weighted by Gasteiger charge is 2.20. The summed E-state index contributed by atoms with van der Waals surface area (Å²) in [7, 11) is 1.02. The zero-order valence-electron chi connectivity index (χ0n) is 15.0. The lowest BCUT2D eigenvalue weighted by Crippen LogP contribution is -2.08. The molecule has 0 fully saturated rings. The summed E-state index contributed by atoms with van der Waals surface area (Å²) in [5, 5.41) is 0.455. The minimum atomic E-state index is -2.24. The molecule has 0 aliphatic rings. The summed E-state index contributed by atoms with van der Waals surface area (Å²) in [5.74, 6) is 1.90. The third-order valence-electron chi connectivity index (χ3n) is 4.18. The van der Waals surface area contributed by atoms with Crippen LogP contribution in [0.15, 0.2) is 29.6 Å². The van der Waals surface area contributed by atoms with Crippen molar-refractivity contribution >= 4 is 21.3 Å². The van der Waals surface area contributed by atoms with Crippen molar-refractivity contribution in [2.24, 2.45) is 0 Å². The number of aryl methyl sites for hydroxylation is 1. The van der Waals surface area contributed by atoms with Gasteiger partial charge in [0, 0.05) is 23.1 Å². The summed E-state index contributed by atoms with van der Waals surface area (Å²) in [6.45, 7) is 3.91. The molecule has 0 aliphatic heterocycles. The first-order valence-corrected chi connectivity index (χ1v) is 9.98. The minimum Gasteiger partial charge on any atom is -0.497 e. The average molecular weight is 393 g/mol. The van der Waals surface area contributed by atoms with E-state index in [2.05, 4.69) is 15.0 Å². The van der Waals surface area contributed by atoms with Crippen molar-refractivity contribution in [1.29, 1.82) is 0 Å². The average Bonchev–Trinajstić information content (AvgIpc) is 3.02. The van der Waals surface area contributed by atoms with Crippen LogP contribution in [0.5, 0.6) is 11.5 Å². The second-order valence-electron chi connectivity index (χ2n) is 6.09. The van der Waals surface area contributed by atoms with Gasteiger partial charge in [0.05, 0.1) is 19.9 Å². The van der Waals surface area contributed by atoms with Crippen molar-refractivity contribution in [3.63, 3.8) is 0 Å². The molecule has 27 heavy (non-hydrogen) atoms. The maximum absolute atomic E-state index is 11.1. The molecule has 1 unspecified atom stereocenters. The number of methoxy groups -OCH3 is 2. The van der Waals surface area contributed by atoms with Crippen molar-refractivity contribution in [2.45, 2.75) is 39.6 Å². The molecule has 0 bridgehead atoms. The Morgan fingerprint density at radius 1 is 1.15 bits per heavy atom. The molecule has 0 spiro atoms.